The lowest BCUT2D eigenvalue weighted by Gasteiger charge is -2.41. The summed E-state index contributed by atoms with van der Waals surface area (Å²) < 4.78 is 114. The van der Waals surface area contributed by atoms with Gasteiger partial charge in [-0.1, -0.05) is 0 Å². The number of carbonyl (C=O) groups is 4. The molecule has 10 aliphatic heterocycles. The number of halogens is 5. The topological polar surface area (TPSA) is 465 Å². The van der Waals surface area contributed by atoms with Crippen LogP contribution in [0.1, 0.15) is 113 Å². The fourth-order valence-electron chi connectivity index (χ4n) is 19.0. The Labute approximate surface area is 762 Å². The number of carbonyl (C=O) groups excluding carboxylic acids is 2. The summed E-state index contributed by atoms with van der Waals surface area (Å²) in [5, 5.41) is 69.8. The highest BCUT2D eigenvalue weighted by molar-refractivity contribution is 6.03. The number of carboxylic acids is 4. The summed E-state index contributed by atoms with van der Waals surface area (Å²) in [6.45, 7) is 28.1. The van der Waals surface area contributed by atoms with Gasteiger partial charge in [0, 0.05) is 168 Å². The van der Waals surface area contributed by atoms with Crippen LogP contribution in [0.25, 0.3) is 59.4 Å². The second kappa shape index (κ2) is 37.9. The number of amidine groups is 3. The van der Waals surface area contributed by atoms with E-state index in [0.717, 1.165) is 50.4 Å². The molecule has 15 heterocycles. The lowest BCUT2D eigenvalue weighted by atomic mass is 10.1. The van der Waals surface area contributed by atoms with Gasteiger partial charge in [-0.3, -0.25) is 40.2 Å². The van der Waals surface area contributed by atoms with E-state index in [1.165, 1.54) is 36.9 Å². The molecule has 5 unspecified atom stereocenters. The second-order valence-corrected chi connectivity index (χ2v) is 34.2. The van der Waals surface area contributed by atoms with Gasteiger partial charge in [0.1, 0.15) is 95.4 Å². The number of hydrogen-bond acceptors (Lipinski definition) is 26. The molecule has 0 spiro atoms. The minimum absolute atomic E-state index is 0.00840. The minimum atomic E-state index is -1.38. The SMILES string of the molecule is CC1COc2c(N3CCN(C(=N)CC(=N)N4CCN(c5c(F)cc6c(=O)c(C(=O)O)cn7c6c5OCC7C)CC4)CC3)c(F)cc3c(=O)ccn1c23.CC1COc2c(N3CCNCC3)c(F)cc3c(=O)c(C(=O)O)cn1c23.CC1COc2c(N3CCNCC3)c(F)cc3c(=O)c(C(=O)O)cn1c23.O=C=O.[C-]#[N+]CC(=N)N1CCN(c2c(F)cc3c(=O)c(C(=O)O)cn4c3c2OCC4C)CC1. The Balaban J connectivity index is 0.000000137. The minimum Gasteiger partial charge on any atom is -0.487 e. The van der Waals surface area contributed by atoms with E-state index in [4.69, 9.17) is 56.1 Å². The van der Waals surface area contributed by atoms with E-state index < -0.39 is 85.8 Å². The number of nitrogens with one attached hydrogen (secondary N) is 5. The number of benzene rings is 5. The molecule has 5 saturated heterocycles. The van der Waals surface area contributed by atoms with Crippen LogP contribution in [0, 0.1) is 51.9 Å². The van der Waals surface area contributed by atoms with Crippen molar-refractivity contribution in [3.8, 4) is 28.7 Å². The van der Waals surface area contributed by atoms with Gasteiger partial charge in [-0.25, -0.2) is 47.7 Å². The maximum Gasteiger partial charge on any atom is 0.373 e. The van der Waals surface area contributed by atoms with E-state index in [1.54, 1.807) is 29.4 Å². The maximum absolute atomic E-state index is 15.7. The smallest absolute Gasteiger partial charge is 0.373 e. The van der Waals surface area contributed by atoms with E-state index in [2.05, 4.69) is 15.5 Å². The van der Waals surface area contributed by atoms with Gasteiger partial charge in [-0.15, -0.1) is 0 Å². The third kappa shape index (κ3) is 17.1. The number of aromatic nitrogens is 5. The molecule has 0 bridgehead atoms. The Kier molecular flexibility index (Phi) is 26.1. The first kappa shape index (κ1) is 93.1. The summed E-state index contributed by atoms with van der Waals surface area (Å²) >= 11 is 0. The standard InChI is InChI=1S/C36H38F2N8O6.C20H20FN5O4.2C17H18FN3O4.CO2/c1-19-17-51-34-29-21(26(47)3-4-45(19)29)13-24(37)31(34)43-9-5-41(6-10-43)27(39)15-28(40)42-7-11-44(12-8-42)32-25(38)14-22-30-35(32)52-18-20(2)46(30)16-23(33(22)48)36(49)50;1-11-10-30-19-16-12(18(27)13(20(28)29)9-26(11)16)7-14(21)17(19)25-5-3-24(4-6-25)15(22)8-23-2;2*1-9-8-25-16-13-10(15(22)11(17(23)24)7-21(9)13)6-12(18)14(16)20-4-2-19-3-5-20;2-1-3/h3-4,13-14,16,19-20,39-40H,5-12,15,17-18H2,1-2H3,(H,49,50);7,9,11,22H,3-6,8,10H2,1H3,(H,28,29);2*6-7,9,19H,2-5,8H2,1H3,(H,23,24);. The second-order valence-electron chi connectivity index (χ2n) is 34.2. The van der Waals surface area contributed by atoms with Crippen molar-refractivity contribution in [2.45, 2.75) is 71.2 Å². The molecule has 0 saturated carbocycles. The molecule has 10 aromatic rings. The number of nitrogens with zero attached hydrogens (tertiary/aromatic N) is 14. The number of pyridine rings is 5. The molecular formula is C91H94F5N19O20. The molecule has 5 aromatic carbocycles. The van der Waals surface area contributed by atoms with Crippen molar-refractivity contribution in [2.24, 2.45) is 0 Å². The summed E-state index contributed by atoms with van der Waals surface area (Å²) in [5.41, 5.74) is -0.987. The predicted molar refractivity (Wildman–Crippen MR) is 485 cm³/mol. The number of anilines is 5. The van der Waals surface area contributed by atoms with Crippen LogP contribution in [0.5, 0.6) is 28.7 Å². The third-order valence-corrected chi connectivity index (χ3v) is 25.9. The molecule has 708 valence electrons. The molecule has 10 aliphatic rings. The van der Waals surface area contributed by atoms with Crippen molar-refractivity contribution >= 4 is 130 Å². The van der Waals surface area contributed by atoms with Crippen LogP contribution >= 0.6 is 0 Å². The molecule has 0 aliphatic carbocycles. The van der Waals surface area contributed by atoms with Gasteiger partial charge in [-0.05, 0) is 65.0 Å². The Morgan fingerprint density at radius 2 is 0.615 bits per heavy atom. The van der Waals surface area contributed by atoms with Crippen LogP contribution in [0.3, 0.4) is 0 Å². The first-order valence-electron chi connectivity index (χ1n) is 43.7. The molecule has 9 N–H and O–H groups in total. The molecule has 5 fully saturated rings. The molecule has 20 rings (SSSR count). The molecule has 44 heteroatoms. The van der Waals surface area contributed by atoms with E-state index >= 15 is 13.2 Å². The Bertz CT molecular complexity index is 6860. The fraction of sp³-hybridized carbons (Fsp3) is 0.407. The van der Waals surface area contributed by atoms with Crippen LogP contribution in [0.4, 0.5) is 50.4 Å². The average Bonchev–Trinajstić information content (AvgIpc) is 0.699. The highest BCUT2D eigenvalue weighted by Crippen LogP contribution is 2.48. The Hall–Kier alpha value is -15.1. The van der Waals surface area contributed by atoms with Gasteiger partial charge >= 0.3 is 30.0 Å². The largest absolute Gasteiger partial charge is 0.487 e. The Morgan fingerprint density at radius 3 is 0.867 bits per heavy atom. The molecule has 5 aromatic heterocycles. The van der Waals surface area contributed by atoms with Crippen molar-refractivity contribution in [3.05, 3.63) is 181 Å². The van der Waals surface area contributed by atoms with Gasteiger partial charge in [0.15, 0.2) is 69.1 Å². The lowest BCUT2D eigenvalue weighted by molar-refractivity contribution is -0.191. The maximum atomic E-state index is 15.7. The zero-order chi connectivity index (χ0) is 96.3. The van der Waals surface area contributed by atoms with Crippen molar-refractivity contribution in [1.82, 2.24) is 48.2 Å². The first-order valence-corrected chi connectivity index (χ1v) is 43.7. The van der Waals surface area contributed by atoms with Crippen LogP contribution in [-0.2, 0) is 9.59 Å². The van der Waals surface area contributed by atoms with Crippen LogP contribution in [0.15, 0.2) is 91.4 Å². The summed E-state index contributed by atoms with van der Waals surface area (Å²) in [6.07, 6.45) is 7.34. The quantitative estimate of drug-likeness (QED) is 0.0254. The molecule has 39 nitrogen and oxygen atoms in total. The number of hydrogen-bond donors (Lipinski definition) is 9. The predicted octanol–water partition coefficient (Wildman–Crippen LogP) is 7.12. The summed E-state index contributed by atoms with van der Waals surface area (Å²) in [6, 6.07) is 6.39. The zero-order valence-corrected chi connectivity index (χ0v) is 73.8. The number of carboxylic acid groups (broad SMARTS) is 4. The summed E-state index contributed by atoms with van der Waals surface area (Å²) in [7, 11) is 0. The van der Waals surface area contributed by atoms with Crippen molar-refractivity contribution in [1.29, 1.82) is 16.2 Å². The molecule has 5 atom stereocenters. The van der Waals surface area contributed by atoms with Crippen LogP contribution in [0.2, 0.25) is 0 Å². The van der Waals surface area contributed by atoms with Gasteiger partial charge in [0.05, 0.1) is 91.1 Å². The first-order chi connectivity index (χ1) is 64.6. The molecule has 0 radical (unpaired) electrons. The van der Waals surface area contributed by atoms with E-state index in [1.807, 2.05) is 73.5 Å². The lowest BCUT2D eigenvalue weighted by Crippen LogP contribution is -2.52. The highest BCUT2D eigenvalue weighted by atomic mass is 19.1. The molecule has 135 heavy (non-hydrogen) atoms. The number of ether oxygens (including phenoxy) is 5. The van der Waals surface area contributed by atoms with Crippen molar-refractivity contribution in [3.63, 3.8) is 0 Å². The van der Waals surface area contributed by atoms with Gasteiger partial charge in [0.25, 0.3) is 6.54 Å². The Morgan fingerprint density at radius 1 is 0.385 bits per heavy atom. The van der Waals surface area contributed by atoms with Crippen molar-refractivity contribution < 1.29 is 94.8 Å². The number of piperazine rings is 5. The third-order valence-electron chi connectivity index (χ3n) is 25.9. The van der Waals surface area contributed by atoms with E-state index in [0.29, 0.717) is 173 Å². The number of rotatable bonds is 12. The molecule has 0 amide bonds. The fourth-order valence-corrected chi connectivity index (χ4v) is 19.0. The normalized spacial score (nSPS) is 19.0. The summed E-state index contributed by atoms with van der Waals surface area (Å²) in [5.74, 6) is -6.12. The van der Waals surface area contributed by atoms with Crippen LogP contribution < -0.4 is 86.0 Å². The van der Waals surface area contributed by atoms with Gasteiger partial charge in [0.2, 0.25) is 21.7 Å². The highest BCUT2D eigenvalue weighted by Gasteiger charge is 2.40. The summed E-state index contributed by atoms with van der Waals surface area (Å²) in [4.78, 5) is 144. The van der Waals surface area contributed by atoms with Crippen molar-refractivity contribution in [2.75, 3.05) is 195 Å². The van der Waals surface area contributed by atoms with E-state index in [9.17, 15) is 72.4 Å². The monoisotopic (exact) mass is 1870 g/mol. The average molecular weight is 1870 g/mol. The number of aromatic carboxylic acids is 4. The van der Waals surface area contributed by atoms with E-state index in [-0.39, 0.29) is 160 Å². The van der Waals surface area contributed by atoms with Gasteiger partial charge < -0.3 is 122 Å². The molecular weight excluding hydrogens is 1770 g/mol. The van der Waals surface area contributed by atoms with Crippen LogP contribution in [-0.4, -0.2) is 276 Å². The van der Waals surface area contributed by atoms with Gasteiger partial charge in [-0.2, -0.15) is 9.59 Å². The zero-order valence-electron chi connectivity index (χ0n) is 73.8.